The highest BCUT2D eigenvalue weighted by atomic mass is 16.6. The van der Waals surface area contributed by atoms with Gasteiger partial charge in [0.1, 0.15) is 6.61 Å². The summed E-state index contributed by atoms with van der Waals surface area (Å²) in [5.74, 6) is 0. The number of amides is 1. The summed E-state index contributed by atoms with van der Waals surface area (Å²) < 4.78 is 7.50. The minimum atomic E-state index is -0.308. The maximum Gasteiger partial charge on any atom is 0.409 e. The molecule has 0 spiro atoms. The SMILES string of the molecule is O.O=C(OCCN(Cc1ccccc1)Cc1ccc([NH2+]O)cc1)N1CCC(n2c(=O)[nH]c3ccccc32)CC1. The molecule has 1 amide bonds. The Labute approximate surface area is 226 Å². The summed E-state index contributed by atoms with van der Waals surface area (Å²) in [6.07, 6.45) is 1.11. The van der Waals surface area contributed by atoms with Gasteiger partial charge in [0.25, 0.3) is 0 Å². The van der Waals surface area contributed by atoms with Gasteiger partial charge in [0.15, 0.2) is 5.69 Å². The Hall–Kier alpha value is -3.96. The minimum Gasteiger partial charge on any atom is -0.448 e. The number of benzene rings is 3. The van der Waals surface area contributed by atoms with Gasteiger partial charge in [-0.2, -0.15) is 5.48 Å². The molecule has 1 aromatic heterocycles. The van der Waals surface area contributed by atoms with Gasteiger partial charge in [-0.25, -0.2) is 14.8 Å². The normalized spacial score (nSPS) is 13.9. The summed E-state index contributed by atoms with van der Waals surface area (Å²) in [5, 5.41) is 9.19. The second kappa shape index (κ2) is 13.2. The highest BCUT2D eigenvalue weighted by molar-refractivity contribution is 5.75. The number of para-hydroxylation sites is 2. The summed E-state index contributed by atoms with van der Waals surface area (Å²) in [4.78, 5) is 32.3. The molecule has 39 heavy (non-hydrogen) atoms. The number of piperidine rings is 1. The van der Waals surface area contributed by atoms with E-state index in [0.29, 0.717) is 39.0 Å². The van der Waals surface area contributed by atoms with Crippen molar-refractivity contribution in [2.45, 2.75) is 32.0 Å². The Balaban J connectivity index is 0.00000353. The van der Waals surface area contributed by atoms with E-state index in [9.17, 15) is 14.8 Å². The molecule has 0 bridgehead atoms. The van der Waals surface area contributed by atoms with E-state index in [1.165, 1.54) is 5.56 Å². The number of rotatable bonds is 9. The molecule has 0 saturated carbocycles. The number of H-pyrrole nitrogens is 1. The Morgan fingerprint density at radius 2 is 1.59 bits per heavy atom. The van der Waals surface area contributed by atoms with Gasteiger partial charge in [-0.15, -0.1) is 0 Å². The van der Waals surface area contributed by atoms with Gasteiger partial charge < -0.3 is 20.1 Å². The van der Waals surface area contributed by atoms with E-state index in [4.69, 9.17) is 4.74 Å². The summed E-state index contributed by atoms with van der Waals surface area (Å²) in [6, 6.07) is 25.7. The number of imidazole rings is 1. The maximum absolute atomic E-state index is 12.8. The molecular weight excluding hydrogens is 498 g/mol. The quantitative estimate of drug-likeness (QED) is 0.224. The Morgan fingerprint density at radius 1 is 0.949 bits per heavy atom. The molecule has 0 aliphatic carbocycles. The van der Waals surface area contributed by atoms with Crippen molar-refractivity contribution in [3.8, 4) is 0 Å². The molecule has 1 aliphatic heterocycles. The maximum atomic E-state index is 12.8. The summed E-state index contributed by atoms with van der Waals surface area (Å²) in [7, 11) is 0. The molecule has 206 valence electrons. The monoisotopic (exact) mass is 534 g/mol. The van der Waals surface area contributed by atoms with Crippen LogP contribution in [0.2, 0.25) is 0 Å². The summed E-state index contributed by atoms with van der Waals surface area (Å²) in [6.45, 7) is 3.42. The van der Waals surface area contributed by atoms with E-state index in [1.54, 1.807) is 4.90 Å². The number of carbonyl (C=O) groups is 1. The lowest BCUT2D eigenvalue weighted by Gasteiger charge is -2.32. The van der Waals surface area contributed by atoms with Crippen LogP contribution in [0.5, 0.6) is 0 Å². The van der Waals surface area contributed by atoms with Crippen LogP contribution in [-0.4, -0.2) is 62.4 Å². The van der Waals surface area contributed by atoms with Crippen molar-refractivity contribution in [3.05, 3.63) is 100 Å². The molecule has 10 heteroatoms. The lowest BCUT2D eigenvalue weighted by atomic mass is 10.0. The zero-order valence-electron chi connectivity index (χ0n) is 21.8. The van der Waals surface area contributed by atoms with Crippen molar-refractivity contribution in [2.24, 2.45) is 0 Å². The predicted octanol–water partition coefficient (Wildman–Crippen LogP) is 2.56. The van der Waals surface area contributed by atoms with E-state index >= 15 is 0 Å². The number of aromatic nitrogens is 2. The predicted molar refractivity (Wildman–Crippen MR) is 148 cm³/mol. The molecule has 0 atom stereocenters. The van der Waals surface area contributed by atoms with Crippen LogP contribution in [0.15, 0.2) is 83.7 Å². The summed E-state index contributed by atoms with van der Waals surface area (Å²) in [5.41, 5.74) is 5.79. The molecule has 1 fully saturated rings. The molecule has 0 radical (unpaired) electrons. The minimum absolute atomic E-state index is 0. The number of likely N-dealkylation sites (tertiary alicyclic amines) is 1. The fourth-order valence-corrected chi connectivity index (χ4v) is 5.12. The van der Waals surface area contributed by atoms with Crippen LogP contribution in [-0.2, 0) is 17.8 Å². The van der Waals surface area contributed by atoms with Crippen LogP contribution in [0, 0.1) is 0 Å². The largest absolute Gasteiger partial charge is 0.448 e. The second-order valence-electron chi connectivity index (χ2n) is 9.72. The van der Waals surface area contributed by atoms with Gasteiger partial charge in [-0.3, -0.25) is 9.47 Å². The van der Waals surface area contributed by atoms with Crippen LogP contribution in [0.3, 0.4) is 0 Å². The van der Waals surface area contributed by atoms with Crippen LogP contribution in [0.1, 0.15) is 30.0 Å². The number of fused-ring (bicyclic) bond motifs is 1. The fourth-order valence-electron chi connectivity index (χ4n) is 5.12. The topological polar surface area (TPSA) is 139 Å². The fraction of sp³-hybridized carbons (Fsp3) is 0.310. The van der Waals surface area contributed by atoms with Gasteiger partial charge >= 0.3 is 11.8 Å². The van der Waals surface area contributed by atoms with Crippen molar-refractivity contribution in [2.75, 3.05) is 26.2 Å². The average molecular weight is 535 g/mol. The molecule has 1 saturated heterocycles. The molecular formula is C29H36N5O5+. The highest BCUT2D eigenvalue weighted by Crippen LogP contribution is 2.25. The number of ether oxygens (including phenoxy) is 1. The van der Waals surface area contributed by atoms with E-state index in [-0.39, 0.29) is 29.9 Å². The third-order valence-electron chi connectivity index (χ3n) is 7.13. The lowest BCUT2D eigenvalue weighted by molar-refractivity contribution is -0.825. The first kappa shape index (κ1) is 28.1. The average Bonchev–Trinajstić information content (AvgIpc) is 3.29. The Kier molecular flexibility index (Phi) is 9.50. The molecule has 10 nitrogen and oxygen atoms in total. The third kappa shape index (κ3) is 6.92. The summed E-state index contributed by atoms with van der Waals surface area (Å²) >= 11 is 0. The highest BCUT2D eigenvalue weighted by Gasteiger charge is 2.27. The zero-order chi connectivity index (χ0) is 26.3. The van der Waals surface area contributed by atoms with Crippen molar-refractivity contribution in [3.63, 3.8) is 0 Å². The van der Waals surface area contributed by atoms with Crippen LogP contribution >= 0.6 is 0 Å². The first-order valence-electron chi connectivity index (χ1n) is 13.0. The molecule has 5 rings (SSSR count). The molecule has 6 N–H and O–H groups in total. The van der Waals surface area contributed by atoms with Gasteiger partial charge in [-0.1, -0.05) is 54.6 Å². The van der Waals surface area contributed by atoms with Gasteiger partial charge in [0.2, 0.25) is 0 Å². The number of nitrogens with one attached hydrogen (secondary N) is 1. The van der Waals surface area contributed by atoms with Crippen LogP contribution < -0.4 is 11.2 Å². The Bertz CT molecular complexity index is 1400. The number of hydrogen-bond acceptors (Lipinski definition) is 5. The lowest BCUT2D eigenvalue weighted by Crippen LogP contribution is -2.73. The second-order valence-corrected chi connectivity index (χ2v) is 9.72. The van der Waals surface area contributed by atoms with E-state index < -0.39 is 0 Å². The molecule has 2 heterocycles. The van der Waals surface area contributed by atoms with E-state index in [0.717, 1.165) is 34.3 Å². The first-order chi connectivity index (χ1) is 18.6. The molecule has 0 unspecified atom stereocenters. The zero-order valence-corrected chi connectivity index (χ0v) is 21.8. The van der Waals surface area contributed by atoms with Crippen LogP contribution in [0.4, 0.5) is 10.5 Å². The molecule has 4 aromatic rings. The smallest absolute Gasteiger partial charge is 0.409 e. The van der Waals surface area contributed by atoms with Crippen molar-refractivity contribution >= 4 is 22.8 Å². The molecule has 3 aromatic carbocycles. The number of quaternary nitrogens is 1. The van der Waals surface area contributed by atoms with E-state index in [1.807, 2.05) is 71.3 Å². The first-order valence-corrected chi connectivity index (χ1v) is 13.0. The number of nitrogens with two attached hydrogens (primary N) is 1. The van der Waals surface area contributed by atoms with Crippen LogP contribution in [0.25, 0.3) is 11.0 Å². The van der Waals surface area contributed by atoms with Gasteiger partial charge in [-0.05, 0) is 36.1 Å². The standard InChI is InChI=1S/C29H33N5O4.H2O/c35-28-30-26-8-4-5-9-27(26)34(28)25-14-16-33(17-15-25)29(36)38-19-18-32(20-22-6-2-1-3-7-22)21-23-10-12-24(31-37)13-11-23;/h1-13,25,31,37H,14-21H2,(H,30,35);1H2/p+1. The number of hydrogen-bond donors (Lipinski definition) is 3. The van der Waals surface area contributed by atoms with E-state index in [2.05, 4.69) is 22.0 Å². The van der Waals surface area contributed by atoms with Gasteiger partial charge in [0.05, 0.1) is 11.0 Å². The number of aromatic amines is 1. The number of nitrogens with zero attached hydrogens (tertiary/aromatic N) is 3. The molecule has 1 aliphatic rings. The third-order valence-corrected chi connectivity index (χ3v) is 7.13. The van der Waals surface area contributed by atoms with Gasteiger partial charge in [0, 0.05) is 50.9 Å². The number of carbonyl (C=O) groups excluding carboxylic acids is 1. The van der Waals surface area contributed by atoms with Crippen molar-refractivity contribution in [1.82, 2.24) is 19.4 Å². The van der Waals surface area contributed by atoms with Crippen molar-refractivity contribution in [1.29, 1.82) is 0 Å². The van der Waals surface area contributed by atoms with Crippen molar-refractivity contribution < 1.29 is 25.7 Å². The Morgan fingerprint density at radius 3 is 2.28 bits per heavy atom.